The number of aromatic nitrogens is 3. The molecule has 1 amide bonds. The number of benzene rings is 2. The van der Waals surface area contributed by atoms with Crippen LogP contribution in [0.25, 0.3) is 0 Å². The van der Waals surface area contributed by atoms with Crippen molar-refractivity contribution in [1.82, 2.24) is 14.8 Å². The van der Waals surface area contributed by atoms with Crippen molar-refractivity contribution in [2.24, 2.45) is 7.05 Å². The molecule has 1 N–H and O–H groups in total. The second kappa shape index (κ2) is 8.78. The fraction of sp³-hybridized carbons (Fsp3) is 0.250. The molecule has 0 unspecified atom stereocenters. The van der Waals surface area contributed by atoms with Crippen LogP contribution in [0.4, 0.5) is 18.9 Å². The first-order valence-corrected chi connectivity index (χ1v) is 9.72. The molecule has 0 spiro atoms. The Balaban J connectivity index is 1.94. The van der Waals surface area contributed by atoms with Gasteiger partial charge in [-0.25, -0.2) is 0 Å². The lowest BCUT2D eigenvalue weighted by Gasteiger charge is -2.18. The van der Waals surface area contributed by atoms with Crippen molar-refractivity contribution in [3.05, 3.63) is 65.5 Å². The fourth-order valence-electron chi connectivity index (χ4n) is 2.79. The molecule has 0 bridgehead atoms. The molecule has 10 heteroatoms. The van der Waals surface area contributed by atoms with Crippen LogP contribution in [0.1, 0.15) is 22.2 Å². The average Bonchev–Trinajstić information content (AvgIpc) is 3.07. The monoisotopic (exact) mass is 436 g/mol. The number of carbonyl (C=O) groups excluding carboxylic acids is 1. The molecule has 0 aliphatic heterocycles. The molecule has 1 heterocycles. The van der Waals surface area contributed by atoms with Gasteiger partial charge in [-0.05, 0) is 30.2 Å². The van der Waals surface area contributed by atoms with E-state index in [1.807, 2.05) is 13.0 Å². The van der Waals surface area contributed by atoms with E-state index in [1.54, 1.807) is 42.5 Å². The van der Waals surface area contributed by atoms with Crippen LogP contribution in [-0.4, -0.2) is 27.8 Å². The van der Waals surface area contributed by atoms with Gasteiger partial charge in [0.05, 0.1) is 12.8 Å². The van der Waals surface area contributed by atoms with Crippen molar-refractivity contribution >= 4 is 23.4 Å². The van der Waals surface area contributed by atoms with Gasteiger partial charge in [-0.2, -0.15) is 13.2 Å². The maximum atomic E-state index is 13.1. The van der Waals surface area contributed by atoms with Crippen molar-refractivity contribution in [1.29, 1.82) is 0 Å². The van der Waals surface area contributed by atoms with Crippen LogP contribution in [0, 0.1) is 6.92 Å². The first-order chi connectivity index (χ1) is 14.2. The van der Waals surface area contributed by atoms with E-state index >= 15 is 0 Å². The minimum absolute atomic E-state index is 0.0254. The fourth-order valence-corrected chi connectivity index (χ4v) is 3.79. The van der Waals surface area contributed by atoms with Gasteiger partial charge in [-0.15, -0.1) is 10.2 Å². The van der Waals surface area contributed by atoms with Gasteiger partial charge in [-0.1, -0.05) is 48.2 Å². The Morgan fingerprint density at radius 2 is 1.87 bits per heavy atom. The number of rotatable bonds is 6. The number of alkyl halides is 3. The topological polar surface area (TPSA) is 69.0 Å². The Hall–Kier alpha value is -3.01. The Kier molecular flexibility index (Phi) is 6.35. The number of anilines is 1. The summed E-state index contributed by atoms with van der Waals surface area (Å²) in [6.45, 7) is 1.87. The molecule has 1 atom stereocenters. The highest BCUT2D eigenvalue weighted by Crippen LogP contribution is 2.38. The van der Waals surface area contributed by atoms with E-state index in [1.165, 1.54) is 14.2 Å². The summed E-state index contributed by atoms with van der Waals surface area (Å²) in [6.07, 6.45) is -4.64. The average molecular weight is 436 g/mol. The van der Waals surface area contributed by atoms with E-state index in [2.05, 4.69) is 15.5 Å². The number of thioether (sulfide) groups is 1. The first kappa shape index (κ1) is 21.7. The molecule has 0 fully saturated rings. The van der Waals surface area contributed by atoms with E-state index < -0.39 is 23.2 Å². The zero-order valence-electron chi connectivity index (χ0n) is 16.4. The Labute approximate surface area is 175 Å². The summed E-state index contributed by atoms with van der Waals surface area (Å²) in [7, 11) is 2.71. The molecule has 30 heavy (non-hydrogen) atoms. The molecule has 0 saturated heterocycles. The highest BCUT2D eigenvalue weighted by atomic mass is 32.2. The highest BCUT2D eigenvalue weighted by molar-refractivity contribution is 8.00. The zero-order chi connectivity index (χ0) is 21.9. The largest absolute Gasteiger partial charge is 0.495 e. The summed E-state index contributed by atoms with van der Waals surface area (Å²) < 4.78 is 45.3. The van der Waals surface area contributed by atoms with Crippen LogP contribution in [0.3, 0.4) is 0 Å². The van der Waals surface area contributed by atoms with Crippen LogP contribution < -0.4 is 10.1 Å². The van der Waals surface area contributed by atoms with Gasteiger partial charge in [0, 0.05) is 7.05 Å². The molecule has 3 aromatic rings. The third kappa shape index (κ3) is 4.76. The van der Waals surface area contributed by atoms with Gasteiger partial charge >= 0.3 is 6.18 Å². The maximum absolute atomic E-state index is 13.1. The number of hydrogen-bond acceptors (Lipinski definition) is 5. The predicted molar refractivity (Wildman–Crippen MR) is 107 cm³/mol. The van der Waals surface area contributed by atoms with Gasteiger partial charge in [0.1, 0.15) is 11.0 Å². The summed E-state index contributed by atoms with van der Waals surface area (Å²) in [5.74, 6) is -1.08. The normalized spacial score (nSPS) is 12.5. The quantitative estimate of drug-likeness (QED) is 0.571. The van der Waals surface area contributed by atoms with E-state index in [-0.39, 0.29) is 5.16 Å². The van der Waals surface area contributed by atoms with Crippen LogP contribution in [-0.2, 0) is 18.0 Å². The maximum Gasteiger partial charge on any atom is 0.451 e. The third-order valence-electron chi connectivity index (χ3n) is 4.27. The Bertz CT molecular complexity index is 1040. The van der Waals surface area contributed by atoms with Crippen LogP contribution in [0.2, 0.25) is 0 Å². The van der Waals surface area contributed by atoms with Gasteiger partial charge in [-0.3, -0.25) is 4.79 Å². The van der Waals surface area contributed by atoms with Gasteiger partial charge < -0.3 is 14.6 Å². The summed E-state index contributed by atoms with van der Waals surface area (Å²) in [4.78, 5) is 13.1. The summed E-state index contributed by atoms with van der Waals surface area (Å²) in [5, 5.41) is 8.79. The molecular weight excluding hydrogens is 417 g/mol. The van der Waals surface area contributed by atoms with Crippen molar-refractivity contribution in [2.45, 2.75) is 23.5 Å². The molecule has 3 rings (SSSR count). The van der Waals surface area contributed by atoms with E-state index in [0.717, 1.165) is 21.9 Å². The number of methoxy groups -OCH3 is 1. The molecular formula is C20H19F3N4O2S. The lowest BCUT2D eigenvalue weighted by Crippen LogP contribution is -2.20. The molecule has 2 aromatic carbocycles. The summed E-state index contributed by atoms with van der Waals surface area (Å²) in [6, 6.07) is 14.1. The molecule has 158 valence electrons. The number of amides is 1. The second-order valence-corrected chi connectivity index (χ2v) is 7.54. The van der Waals surface area contributed by atoms with Crippen LogP contribution in [0.5, 0.6) is 5.75 Å². The Morgan fingerprint density at radius 3 is 2.47 bits per heavy atom. The second-order valence-electron chi connectivity index (χ2n) is 6.46. The number of halogens is 3. The van der Waals surface area contributed by atoms with Crippen molar-refractivity contribution in [2.75, 3.05) is 12.4 Å². The van der Waals surface area contributed by atoms with Gasteiger partial charge in [0.15, 0.2) is 5.16 Å². The number of carbonyl (C=O) groups is 1. The van der Waals surface area contributed by atoms with E-state index in [9.17, 15) is 18.0 Å². The number of nitrogens with one attached hydrogen (secondary N) is 1. The lowest BCUT2D eigenvalue weighted by atomic mass is 10.1. The van der Waals surface area contributed by atoms with Gasteiger partial charge in [0.2, 0.25) is 11.7 Å². The number of hydrogen-bond donors (Lipinski definition) is 1. The minimum atomic E-state index is -4.64. The van der Waals surface area contributed by atoms with E-state index in [4.69, 9.17) is 4.74 Å². The first-order valence-electron chi connectivity index (χ1n) is 8.84. The highest BCUT2D eigenvalue weighted by Gasteiger charge is 2.38. The molecule has 1 aromatic heterocycles. The van der Waals surface area contributed by atoms with Crippen LogP contribution in [0.15, 0.2) is 53.7 Å². The van der Waals surface area contributed by atoms with Crippen molar-refractivity contribution < 1.29 is 22.7 Å². The minimum Gasteiger partial charge on any atom is -0.495 e. The summed E-state index contributed by atoms with van der Waals surface area (Å²) >= 11 is 0.887. The standard InChI is InChI=1S/C20H19F3N4O2S/c1-12-9-10-15(29-3)14(11-12)24-17(28)16(13-7-5-4-6-8-13)30-19-26-25-18(27(19)2)20(21,22)23/h4-11,16H,1-3H3,(H,24,28)/t16-/m0/s1. The van der Waals surface area contributed by atoms with Crippen molar-refractivity contribution in [3.8, 4) is 5.75 Å². The molecule has 6 nitrogen and oxygen atoms in total. The third-order valence-corrected chi connectivity index (χ3v) is 5.55. The Morgan fingerprint density at radius 1 is 1.17 bits per heavy atom. The number of aryl methyl sites for hydroxylation is 1. The smallest absolute Gasteiger partial charge is 0.451 e. The zero-order valence-corrected chi connectivity index (χ0v) is 17.2. The molecule has 0 saturated carbocycles. The summed E-state index contributed by atoms with van der Waals surface area (Å²) in [5.41, 5.74) is 2.00. The van der Waals surface area contributed by atoms with Crippen LogP contribution >= 0.6 is 11.8 Å². The number of ether oxygens (including phenoxy) is 1. The lowest BCUT2D eigenvalue weighted by molar-refractivity contribution is -0.147. The predicted octanol–water partition coefficient (Wildman–Crippen LogP) is 4.62. The molecule has 0 radical (unpaired) electrons. The van der Waals surface area contributed by atoms with Gasteiger partial charge in [0.25, 0.3) is 0 Å². The molecule has 0 aliphatic rings. The number of nitrogens with zero attached hydrogens (tertiary/aromatic N) is 3. The van der Waals surface area contributed by atoms with E-state index in [0.29, 0.717) is 17.0 Å². The van der Waals surface area contributed by atoms with Crippen molar-refractivity contribution in [3.63, 3.8) is 0 Å². The molecule has 0 aliphatic carbocycles. The SMILES string of the molecule is COc1ccc(C)cc1NC(=O)[C@@H](Sc1nnc(C(F)(F)F)n1C)c1ccccc1.